The first-order valence-corrected chi connectivity index (χ1v) is 9.84. The summed E-state index contributed by atoms with van der Waals surface area (Å²) in [6.07, 6.45) is -0.417. The SMILES string of the molecule is CC(C)(C)OC(=O)N(C1CC(F)C1)C1CCN(C(=O)OCc2ccccc2)C1. The second kappa shape index (κ2) is 8.37. The maximum Gasteiger partial charge on any atom is 0.410 e. The summed E-state index contributed by atoms with van der Waals surface area (Å²) in [5, 5.41) is 0. The first-order valence-electron chi connectivity index (χ1n) is 9.84. The molecule has 1 saturated heterocycles. The summed E-state index contributed by atoms with van der Waals surface area (Å²) < 4.78 is 24.3. The molecule has 0 spiro atoms. The molecule has 0 radical (unpaired) electrons. The van der Waals surface area contributed by atoms with Gasteiger partial charge in [0.05, 0.1) is 6.04 Å². The minimum absolute atomic E-state index is 0.171. The van der Waals surface area contributed by atoms with Gasteiger partial charge >= 0.3 is 12.2 Å². The average Bonchev–Trinajstić information content (AvgIpc) is 3.07. The molecule has 1 aliphatic heterocycles. The lowest BCUT2D eigenvalue weighted by molar-refractivity contribution is -0.0194. The molecule has 1 unspecified atom stereocenters. The van der Waals surface area contributed by atoms with E-state index < -0.39 is 24.0 Å². The van der Waals surface area contributed by atoms with E-state index in [1.807, 2.05) is 51.1 Å². The van der Waals surface area contributed by atoms with E-state index in [1.165, 1.54) is 0 Å². The molecule has 6 nitrogen and oxygen atoms in total. The Labute approximate surface area is 165 Å². The standard InChI is InChI=1S/C21H29FN2O4/c1-21(2,3)28-20(26)24(18-11-16(22)12-18)17-9-10-23(13-17)19(25)27-14-15-7-5-4-6-8-15/h4-8,16-18H,9-14H2,1-3H3. The van der Waals surface area contributed by atoms with Crippen LogP contribution >= 0.6 is 0 Å². The Morgan fingerprint density at radius 3 is 2.46 bits per heavy atom. The van der Waals surface area contributed by atoms with Crippen molar-refractivity contribution in [2.75, 3.05) is 13.1 Å². The Balaban J connectivity index is 1.58. The Kier molecular flexibility index (Phi) is 6.10. The molecular weight excluding hydrogens is 363 g/mol. The fraction of sp³-hybridized carbons (Fsp3) is 0.619. The van der Waals surface area contributed by atoms with Gasteiger partial charge in [0, 0.05) is 19.1 Å². The molecule has 2 fully saturated rings. The summed E-state index contributed by atoms with van der Waals surface area (Å²) >= 11 is 0. The van der Waals surface area contributed by atoms with Crippen molar-refractivity contribution < 1.29 is 23.5 Å². The quantitative estimate of drug-likeness (QED) is 0.773. The lowest BCUT2D eigenvalue weighted by atomic mass is 9.88. The van der Waals surface area contributed by atoms with E-state index in [9.17, 15) is 14.0 Å². The van der Waals surface area contributed by atoms with Gasteiger partial charge in [-0.2, -0.15) is 0 Å². The molecule has 154 valence electrons. The van der Waals surface area contributed by atoms with E-state index in [1.54, 1.807) is 9.80 Å². The molecule has 0 N–H and O–H groups in total. The monoisotopic (exact) mass is 392 g/mol. The van der Waals surface area contributed by atoms with Gasteiger partial charge in [-0.05, 0) is 45.6 Å². The summed E-state index contributed by atoms with van der Waals surface area (Å²) in [5.41, 5.74) is 0.298. The van der Waals surface area contributed by atoms with Crippen molar-refractivity contribution in [1.82, 2.24) is 9.80 Å². The topological polar surface area (TPSA) is 59.1 Å². The highest BCUT2D eigenvalue weighted by molar-refractivity contribution is 5.71. The smallest absolute Gasteiger partial charge is 0.410 e. The third-order valence-electron chi connectivity index (χ3n) is 5.07. The van der Waals surface area contributed by atoms with E-state index in [0.717, 1.165) is 5.56 Å². The number of halogens is 1. The van der Waals surface area contributed by atoms with Gasteiger partial charge in [0.1, 0.15) is 18.4 Å². The van der Waals surface area contributed by atoms with Gasteiger partial charge in [-0.25, -0.2) is 14.0 Å². The normalized spacial score (nSPS) is 24.4. The highest BCUT2D eigenvalue weighted by atomic mass is 19.1. The molecule has 1 aromatic rings. The highest BCUT2D eigenvalue weighted by Crippen LogP contribution is 2.33. The van der Waals surface area contributed by atoms with Crippen molar-refractivity contribution in [2.24, 2.45) is 0 Å². The number of hydrogen-bond acceptors (Lipinski definition) is 4. The number of benzene rings is 1. The fourth-order valence-electron chi connectivity index (χ4n) is 3.60. The summed E-state index contributed by atoms with van der Waals surface area (Å²) in [5.74, 6) is 0. The molecule has 3 rings (SSSR count). The molecule has 0 aromatic heterocycles. The van der Waals surface area contributed by atoms with Crippen molar-refractivity contribution in [2.45, 2.75) is 70.5 Å². The van der Waals surface area contributed by atoms with Crippen LogP contribution in [0.3, 0.4) is 0 Å². The summed E-state index contributed by atoms with van der Waals surface area (Å²) in [6, 6.07) is 9.13. The third-order valence-corrected chi connectivity index (χ3v) is 5.07. The van der Waals surface area contributed by atoms with Crippen LogP contribution in [0.25, 0.3) is 0 Å². The van der Waals surface area contributed by atoms with E-state index in [-0.39, 0.29) is 18.7 Å². The maximum absolute atomic E-state index is 13.4. The number of alkyl halides is 1. The van der Waals surface area contributed by atoms with Gasteiger partial charge in [0.15, 0.2) is 0 Å². The van der Waals surface area contributed by atoms with Crippen LogP contribution in [-0.4, -0.2) is 58.9 Å². The number of ether oxygens (including phenoxy) is 2. The summed E-state index contributed by atoms with van der Waals surface area (Å²) in [6.45, 7) is 6.52. The zero-order valence-electron chi connectivity index (χ0n) is 16.8. The molecule has 1 saturated carbocycles. The molecule has 28 heavy (non-hydrogen) atoms. The number of nitrogens with zero attached hydrogens (tertiary/aromatic N) is 2. The zero-order chi connectivity index (χ0) is 20.3. The molecule has 2 aliphatic rings. The molecular formula is C21H29FN2O4. The zero-order valence-corrected chi connectivity index (χ0v) is 16.8. The van der Waals surface area contributed by atoms with Crippen LogP contribution in [0.1, 0.15) is 45.6 Å². The molecule has 1 heterocycles. The number of carbonyl (C=O) groups is 2. The fourth-order valence-corrected chi connectivity index (χ4v) is 3.60. The average molecular weight is 392 g/mol. The largest absolute Gasteiger partial charge is 0.445 e. The van der Waals surface area contributed by atoms with Crippen LogP contribution in [0.15, 0.2) is 30.3 Å². The third kappa shape index (κ3) is 5.14. The van der Waals surface area contributed by atoms with Crippen LogP contribution in [-0.2, 0) is 16.1 Å². The predicted molar refractivity (Wildman–Crippen MR) is 103 cm³/mol. The molecule has 1 aliphatic carbocycles. The Morgan fingerprint density at radius 1 is 1.18 bits per heavy atom. The molecule has 1 aromatic carbocycles. The van der Waals surface area contributed by atoms with Crippen LogP contribution in [0, 0.1) is 0 Å². The molecule has 0 bridgehead atoms. The first kappa shape index (κ1) is 20.4. The van der Waals surface area contributed by atoms with Gasteiger partial charge in [-0.1, -0.05) is 30.3 Å². The van der Waals surface area contributed by atoms with Gasteiger partial charge < -0.3 is 19.3 Å². The Bertz CT molecular complexity index is 685. The summed E-state index contributed by atoms with van der Waals surface area (Å²) in [4.78, 5) is 28.4. The van der Waals surface area contributed by atoms with Gasteiger partial charge in [0.25, 0.3) is 0 Å². The highest BCUT2D eigenvalue weighted by Gasteiger charge is 2.44. The lowest BCUT2D eigenvalue weighted by Crippen LogP contribution is -2.55. The number of hydrogen-bond donors (Lipinski definition) is 0. The van der Waals surface area contributed by atoms with Crippen molar-refractivity contribution in [3.63, 3.8) is 0 Å². The number of carbonyl (C=O) groups excluding carboxylic acids is 2. The van der Waals surface area contributed by atoms with Crippen LogP contribution in [0.4, 0.5) is 14.0 Å². The second-order valence-electron chi connectivity index (χ2n) is 8.54. The van der Waals surface area contributed by atoms with Crippen LogP contribution in [0.2, 0.25) is 0 Å². The van der Waals surface area contributed by atoms with Gasteiger partial charge in [-0.15, -0.1) is 0 Å². The molecule has 1 atom stereocenters. The van der Waals surface area contributed by atoms with Crippen molar-refractivity contribution in [1.29, 1.82) is 0 Å². The van der Waals surface area contributed by atoms with Gasteiger partial charge in [-0.3, -0.25) is 0 Å². The van der Waals surface area contributed by atoms with Crippen LogP contribution < -0.4 is 0 Å². The van der Waals surface area contributed by atoms with E-state index in [0.29, 0.717) is 32.4 Å². The lowest BCUT2D eigenvalue weighted by Gasteiger charge is -2.43. The number of rotatable bonds is 4. The van der Waals surface area contributed by atoms with Crippen molar-refractivity contribution in [3.05, 3.63) is 35.9 Å². The number of amides is 2. The Hall–Kier alpha value is -2.31. The minimum atomic E-state index is -0.872. The first-order chi connectivity index (χ1) is 13.2. The summed E-state index contributed by atoms with van der Waals surface area (Å²) in [7, 11) is 0. The molecule has 7 heteroatoms. The van der Waals surface area contributed by atoms with Crippen LogP contribution in [0.5, 0.6) is 0 Å². The van der Waals surface area contributed by atoms with Gasteiger partial charge in [0.2, 0.25) is 0 Å². The second-order valence-corrected chi connectivity index (χ2v) is 8.54. The van der Waals surface area contributed by atoms with Crippen molar-refractivity contribution >= 4 is 12.2 Å². The minimum Gasteiger partial charge on any atom is -0.445 e. The number of likely N-dealkylation sites (tertiary alicyclic amines) is 1. The Morgan fingerprint density at radius 2 is 1.86 bits per heavy atom. The van der Waals surface area contributed by atoms with E-state index >= 15 is 0 Å². The van der Waals surface area contributed by atoms with E-state index in [2.05, 4.69) is 0 Å². The molecule has 2 amide bonds. The van der Waals surface area contributed by atoms with E-state index in [4.69, 9.17) is 9.47 Å². The predicted octanol–water partition coefficient (Wildman–Crippen LogP) is 4.14. The van der Waals surface area contributed by atoms with Crippen molar-refractivity contribution in [3.8, 4) is 0 Å². The maximum atomic E-state index is 13.4.